The second-order valence-electron chi connectivity index (χ2n) is 4.54. The molecule has 2 aromatic carbocycles. The number of aliphatic hydroxyl groups is 1. The zero-order valence-electron chi connectivity index (χ0n) is 10.2. The zero-order valence-corrected chi connectivity index (χ0v) is 11.8. The van der Waals surface area contributed by atoms with Crippen molar-refractivity contribution < 1.29 is 9.50 Å². The van der Waals surface area contributed by atoms with Crippen molar-refractivity contribution in [1.82, 2.24) is 0 Å². The van der Waals surface area contributed by atoms with Crippen molar-refractivity contribution in [3.63, 3.8) is 0 Å². The van der Waals surface area contributed by atoms with Gasteiger partial charge in [-0.2, -0.15) is 0 Å². The van der Waals surface area contributed by atoms with Gasteiger partial charge in [0.25, 0.3) is 0 Å². The first kappa shape index (κ1) is 13.2. The fraction of sp³-hybridized carbons (Fsp3) is 0.200. The Hall–Kier alpha value is -1.19. The van der Waals surface area contributed by atoms with E-state index in [0.29, 0.717) is 10.0 Å². The summed E-state index contributed by atoms with van der Waals surface area (Å²) >= 11 is 3.14. The highest BCUT2D eigenvalue weighted by atomic mass is 79.9. The normalized spacial score (nSPS) is 14.3. The predicted octanol–water partition coefficient (Wildman–Crippen LogP) is 4.15. The Balaban J connectivity index is 2.54. The second kappa shape index (κ2) is 4.82. The molecule has 1 atom stereocenters. The van der Waals surface area contributed by atoms with E-state index in [1.54, 1.807) is 25.1 Å². The Morgan fingerprint density at radius 2 is 1.72 bits per heavy atom. The van der Waals surface area contributed by atoms with Gasteiger partial charge in [-0.25, -0.2) is 4.39 Å². The minimum atomic E-state index is -1.35. The van der Waals surface area contributed by atoms with Gasteiger partial charge in [0.2, 0.25) is 0 Å². The smallest absolute Gasteiger partial charge is 0.143 e. The van der Waals surface area contributed by atoms with Crippen LogP contribution in [-0.4, -0.2) is 5.11 Å². The van der Waals surface area contributed by atoms with Gasteiger partial charge in [0.1, 0.15) is 11.4 Å². The highest BCUT2D eigenvalue weighted by Crippen LogP contribution is 2.33. The van der Waals surface area contributed by atoms with Crippen LogP contribution in [0.3, 0.4) is 0 Å². The lowest BCUT2D eigenvalue weighted by Crippen LogP contribution is -2.24. The first-order valence-corrected chi connectivity index (χ1v) is 6.46. The number of aryl methyl sites for hydroxylation is 1. The van der Waals surface area contributed by atoms with Crippen molar-refractivity contribution in [3.8, 4) is 0 Å². The van der Waals surface area contributed by atoms with Crippen LogP contribution in [0.25, 0.3) is 0 Å². The molecule has 0 fully saturated rings. The summed E-state index contributed by atoms with van der Waals surface area (Å²) in [6.07, 6.45) is 0. The lowest BCUT2D eigenvalue weighted by molar-refractivity contribution is 0.0978. The van der Waals surface area contributed by atoms with Gasteiger partial charge in [-0.3, -0.25) is 0 Å². The topological polar surface area (TPSA) is 20.2 Å². The summed E-state index contributed by atoms with van der Waals surface area (Å²) in [5, 5.41) is 10.6. The van der Waals surface area contributed by atoms with Crippen LogP contribution in [0.15, 0.2) is 46.9 Å². The molecule has 94 valence electrons. The van der Waals surface area contributed by atoms with Gasteiger partial charge in [0.05, 0.1) is 4.47 Å². The average Bonchev–Trinajstić information content (AvgIpc) is 2.33. The van der Waals surface area contributed by atoms with Crippen LogP contribution in [0.5, 0.6) is 0 Å². The molecule has 0 spiro atoms. The molecule has 1 nitrogen and oxygen atoms in total. The Morgan fingerprint density at radius 1 is 1.11 bits per heavy atom. The molecule has 2 aromatic rings. The third-order valence-electron chi connectivity index (χ3n) is 3.09. The van der Waals surface area contributed by atoms with Gasteiger partial charge in [-0.15, -0.1) is 0 Å². The Kier molecular flexibility index (Phi) is 3.55. The van der Waals surface area contributed by atoms with Crippen molar-refractivity contribution in [2.75, 3.05) is 0 Å². The maximum atomic E-state index is 14.1. The molecule has 0 radical (unpaired) electrons. The van der Waals surface area contributed by atoms with E-state index in [-0.39, 0.29) is 5.56 Å². The number of benzene rings is 2. The van der Waals surface area contributed by atoms with Crippen molar-refractivity contribution in [2.24, 2.45) is 0 Å². The van der Waals surface area contributed by atoms with Gasteiger partial charge in [-0.1, -0.05) is 42.0 Å². The van der Waals surface area contributed by atoms with E-state index in [9.17, 15) is 9.50 Å². The second-order valence-corrected chi connectivity index (χ2v) is 5.39. The molecule has 1 unspecified atom stereocenters. The van der Waals surface area contributed by atoms with Crippen LogP contribution in [0.4, 0.5) is 4.39 Å². The molecular weight excluding hydrogens is 295 g/mol. The average molecular weight is 309 g/mol. The summed E-state index contributed by atoms with van der Waals surface area (Å²) in [6, 6.07) is 12.4. The van der Waals surface area contributed by atoms with E-state index < -0.39 is 11.4 Å². The standard InChI is InChI=1S/C15H14BrFO/c1-10-6-8-11(9-7-10)15(2,18)12-4-3-5-13(16)14(12)17/h3-9,18H,1-2H3. The number of hydrogen-bond donors (Lipinski definition) is 1. The third-order valence-corrected chi connectivity index (χ3v) is 3.70. The van der Waals surface area contributed by atoms with E-state index in [1.165, 1.54) is 0 Å². The van der Waals surface area contributed by atoms with Gasteiger partial charge >= 0.3 is 0 Å². The first-order chi connectivity index (χ1) is 8.43. The largest absolute Gasteiger partial charge is 0.381 e. The summed E-state index contributed by atoms with van der Waals surface area (Å²) in [5.74, 6) is -0.428. The highest BCUT2D eigenvalue weighted by Gasteiger charge is 2.29. The van der Waals surface area contributed by atoms with Crippen LogP contribution in [0, 0.1) is 12.7 Å². The van der Waals surface area contributed by atoms with Crippen LogP contribution in [0.2, 0.25) is 0 Å². The number of halogens is 2. The van der Waals surface area contributed by atoms with E-state index in [0.717, 1.165) is 5.56 Å². The first-order valence-electron chi connectivity index (χ1n) is 5.67. The summed E-state index contributed by atoms with van der Waals surface area (Å²) in [6.45, 7) is 3.57. The lowest BCUT2D eigenvalue weighted by atomic mass is 9.87. The van der Waals surface area contributed by atoms with Crippen LogP contribution in [-0.2, 0) is 5.60 Å². The van der Waals surface area contributed by atoms with E-state index in [1.807, 2.05) is 31.2 Å². The third kappa shape index (κ3) is 2.33. The van der Waals surface area contributed by atoms with Crippen LogP contribution in [0.1, 0.15) is 23.6 Å². The van der Waals surface area contributed by atoms with Crippen LogP contribution >= 0.6 is 15.9 Å². The van der Waals surface area contributed by atoms with Crippen molar-refractivity contribution in [3.05, 3.63) is 69.4 Å². The highest BCUT2D eigenvalue weighted by molar-refractivity contribution is 9.10. The minimum absolute atomic E-state index is 0.265. The molecule has 2 rings (SSSR count). The van der Waals surface area contributed by atoms with Gasteiger partial charge in [-0.05, 0) is 41.4 Å². The summed E-state index contributed by atoms with van der Waals surface area (Å²) < 4.78 is 14.4. The Bertz CT molecular complexity index is 561. The van der Waals surface area contributed by atoms with Crippen molar-refractivity contribution in [1.29, 1.82) is 0 Å². The van der Waals surface area contributed by atoms with E-state index in [2.05, 4.69) is 15.9 Å². The van der Waals surface area contributed by atoms with Gasteiger partial charge in [0, 0.05) is 5.56 Å². The maximum absolute atomic E-state index is 14.1. The molecule has 0 aliphatic carbocycles. The SMILES string of the molecule is Cc1ccc(C(C)(O)c2cccc(Br)c2F)cc1. The van der Waals surface area contributed by atoms with Crippen molar-refractivity contribution >= 4 is 15.9 Å². The maximum Gasteiger partial charge on any atom is 0.143 e. The molecule has 0 bridgehead atoms. The molecule has 0 aromatic heterocycles. The van der Waals surface area contributed by atoms with Gasteiger partial charge < -0.3 is 5.11 Å². The Labute approximate surface area is 114 Å². The molecule has 1 N–H and O–H groups in total. The zero-order chi connectivity index (χ0) is 13.3. The molecule has 0 aliphatic rings. The number of rotatable bonds is 2. The van der Waals surface area contributed by atoms with Gasteiger partial charge in [0.15, 0.2) is 0 Å². The summed E-state index contributed by atoms with van der Waals surface area (Å²) in [4.78, 5) is 0. The molecule has 0 saturated heterocycles. The van der Waals surface area contributed by atoms with Crippen LogP contribution < -0.4 is 0 Å². The monoisotopic (exact) mass is 308 g/mol. The molecule has 0 aliphatic heterocycles. The summed E-state index contributed by atoms with van der Waals surface area (Å²) in [5.41, 5.74) is 0.691. The lowest BCUT2D eigenvalue weighted by Gasteiger charge is -2.25. The fourth-order valence-corrected chi connectivity index (χ4v) is 2.28. The quantitative estimate of drug-likeness (QED) is 0.883. The molecule has 18 heavy (non-hydrogen) atoms. The Morgan fingerprint density at radius 3 is 2.33 bits per heavy atom. The molecule has 0 amide bonds. The fourth-order valence-electron chi connectivity index (χ4n) is 1.91. The van der Waals surface area contributed by atoms with Crippen molar-refractivity contribution in [2.45, 2.75) is 19.4 Å². The molecular formula is C15H14BrFO. The predicted molar refractivity (Wildman–Crippen MR) is 74.0 cm³/mol. The number of hydrogen-bond acceptors (Lipinski definition) is 1. The minimum Gasteiger partial charge on any atom is -0.381 e. The molecule has 3 heteroatoms. The van der Waals surface area contributed by atoms with E-state index in [4.69, 9.17) is 0 Å². The van der Waals surface area contributed by atoms with E-state index >= 15 is 0 Å². The molecule has 0 saturated carbocycles. The summed E-state index contributed by atoms with van der Waals surface area (Å²) in [7, 11) is 0. The molecule has 0 heterocycles.